The minimum atomic E-state index is 0.0929. The Morgan fingerprint density at radius 3 is 2.43 bits per heavy atom. The summed E-state index contributed by atoms with van der Waals surface area (Å²) in [5.41, 5.74) is 3.54. The molecule has 1 aliphatic carbocycles. The monoisotopic (exact) mass is 276 g/mol. The third-order valence-electron chi connectivity index (χ3n) is 4.18. The molecule has 3 rings (SSSR count). The van der Waals surface area contributed by atoms with Gasteiger partial charge in [0.1, 0.15) is 5.78 Å². The lowest BCUT2D eigenvalue weighted by molar-refractivity contribution is -0.121. The van der Waals surface area contributed by atoms with Crippen LogP contribution < -0.4 is 0 Å². The fraction of sp³-hybridized carbons (Fsp3) is 0.250. The minimum Gasteiger partial charge on any atom is -0.299 e. The summed E-state index contributed by atoms with van der Waals surface area (Å²) in [4.78, 5) is 12.2. The number of hydrogen-bond donors (Lipinski definition) is 0. The molecule has 106 valence electrons. The van der Waals surface area contributed by atoms with Gasteiger partial charge in [0.2, 0.25) is 0 Å². The Morgan fingerprint density at radius 2 is 1.62 bits per heavy atom. The molecule has 0 amide bonds. The number of benzene rings is 2. The van der Waals surface area contributed by atoms with Gasteiger partial charge in [-0.15, -0.1) is 0 Å². The minimum absolute atomic E-state index is 0.0929. The van der Waals surface area contributed by atoms with Crippen LogP contribution in [0.1, 0.15) is 48.3 Å². The van der Waals surface area contributed by atoms with Gasteiger partial charge in [-0.1, -0.05) is 73.2 Å². The van der Waals surface area contributed by atoms with E-state index in [0.717, 1.165) is 25.7 Å². The highest BCUT2D eigenvalue weighted by Crippen LogP contribution is 2.32. The number of carbonyl (C=O) groups excluding carboxylic acids is 1. The van der Waals surface area contributed by atoms with Crippen molar-refractivity contribution in [3.8, 4) is 0 Å². The molecule has 0 heterocycles. The van der Waals surface area contributed by atoms with Crippen LogP contribution in [0.25, 0.3) is 12.2 Å². The molecule has 1 fully saturated rings. The fourth-order valence-corrected chi connectivity index (χ4v) is 3.04. The van der Waals surface area contributed by atoms with Crippen molar-refractivity contribution in [2.45, 2.75) is 31.6 Å². The van der Waals surface area contributed by atoms with Crippen LogP contribution in [-0.2, 0) is 4.79 Å². The van der Waals surface area contributed by atoms with Gasteiger partial charge in [0.05, 0.1) is 0 Å². The van der Waals surface area contributed by atoms with E-state index in [-0.39, 0.29) is 5.92 Å². The second-order valence-electron chi connectivity index (χ2n) is 5.64. The molecule has 1 saturated carbocycles. The van der Waals surface area contributed by atoms with Crippen molar-refractivity contribution in [3.63, 3.8) is 0 Å². The van der Waals surface area contributed by atoms with E-state index in [4.69, 9.17) is 0 Å². The van der Waals surface area contributed by atoms with Crippen LogP contribution in [-0.4, -0.2) is 5.78 Å². The van der Waals surface area contributed by atoms with Crippen molar-refractivity contribution in [1.29, 1.82) is 0 Å². The average Bonchev–Trinajstić information content (AvgIpc) is 2.55. The van der Waals surface area contributed by atoms with Crippen LogP contribution in [0.2, 0.25) is 0 Å². The van der Waals surface area contributed by atoms with E-state index in [1.807, 2.05) is 30.3 Å². The van der Waals surface area contributed by atoms with E-state index in [1.54, 1.807) is 0 Å². The normalized spacial score (nSPS) is 19.0. The molecule has 2 aromatic carbocycles. The Morgan fingerprint density at radius 1 is 0.857 bits per heavy atom. The summed E-state index contributed by atoms with van der Waals surface area (Å²) in [5, 5.41) is 0. The Kier molecular flexibility index (Phi) is 4.30. The van der Waals surface area contributed by atoms with Crippen LogP contribution in [0.15, 0.2) is 54.6 Å². The SMILES string of the molecule is O=C1CCCCC1c1ccccc1/C=C/c1ccccc1. The van der Waals surface area contributed by atoms with Gasteiger partial charge in [-0.2, -0.15) is 0 Å². The Bertz CT molecular complexity index is 640. The first-order chi connectivity index (χ1) is 10.3. The topological polar surface area (TPSA) is 17.1 Å². The molecule has 0 N–H and O–H groups in total. The highest BCUT2D eigenvalue weighted by atomic mass is 16.1. The zero-order valence-corrected chi connectivity index (χ0v) is 12.2. The maximum absolute atomic E-state index is 12.2. The zero-order chi connectivity index (χ0) is 14.5. The number of rotatable bonds is 3. The predicted octanol–water partition coefficient (Wildman–Crippen LogP) is 5.08. The molecule has 0 radical (unpaired) electrons. The smallest absolute Gasteiger partial charge is 0.140 e. The van der Waals surface area contributed by atoms with Crippen LogP contribution in [0.5, 0.6) is 0 Å². The van der Waals surface area contributed by atoms with E-state index in [1.165, 1.54) is 16.7 Å². The summed E-state index contributed by atoms with van der Waals surface area (Å²) < 4.78 is 0. The lowest BCUT2D eigenvalue weighted by Crippen LogP contribution is -2.17. The molecule has 1 nitrogen and oxygen atoms in total. The summed E-state index contributed by atoms with van der Waals surface area (Å²) in [6.07, 6.45) is 8.19. The van der Waals surface area contributed by atoms with Gasteiger partial charge in [-0.05, 0) is 29.5 Å². The fourth-order valence-electron chi connectivity index (χ4n) is 3.04. The summed E-state index contributed by atoms with van der Waals surface area (Å²) in [6, 6.07) is 18.6. The molecule has 1 aliphatic rings. The van der Waals surface area contributed by atoms with Crippen LogP contribution in [0.4, 0.5) is 0 Å². The molecular formula is C20H20O. The molecule has 0 spiro atoms. The number of ketones is 1. The van der Waals surface area contributed by atoms with Gasteiger partial charge in [0.15, 0.2) is 0 Å². The number of hydrogen-bond acceptors (Lipinski definition) is 1. The van der Waals surface area contributed by atoms with Gasteiger partial charge in [0.25, 0.3) is 0 Å². The summed E-state index contributed by atoms with van der Waals surface area (Å²) in [7, 11) is 0. The van der Waals surface area contributed by atoms with Crippen molar-refractivity contribution in [1.82, 2.24) is 0 Å². The maximum Gasteiger partial charge on any atom is 0.140 e. The first-order valence-electron chi connectivity index (χ1n) is 7.69. The van der Waals surface area contributed by atoms with Crippen LogP contribution in [0.3, 0.4) is 0 Å². The quantitative estimate of drug-likeness (QED) is 0.714. The first-order valence-corrected chi connectivity index (χ1v) is 7.69. The third kappa shape index (κ3) is 3.30. The summed E-state index contributed by atoms with van der Waals surface area (Å²) in [6.45, 7) is 0. The van der Waals surface area contributed by atoms with Crippen molar-refractivity contribution in [2.75, 3.05) is 0 Å². The predicted molar refractivity (Wildman–Crippen MR) is 88.0 cm³/mol. The van der Waals surface area contributed by atoms with Crippen LogP contribution in [0, 0.1) is 0 Å². The maximum atomic E-state index is 12.2. The Hall–Kier alpha value is -2.15. The standard InChI is InChI=1S/C20H20O/c21-20-13-7-6-12-19(20)18-11-5-4-10-17(18)15-14-16-8-2-1-3-9-16/h1-5,8-11,14-15,19H,6-7,12-13H2/b15-14+. The lowest BCUT2D eigenvalue weighted by atomic mass is 9.81. The summed E-state index contributed by atoms with van der Waals surface area (Å²) >= 11 is 0. The lowest BCUT2D eigenvalue weighted by Gasteiger charge is -2.22. The van der Waals surface area contributed by atoms with E-state index in [9.17, 15) is 4.79 Å². The van der Waals surface area contributed by atoms with E-state index < -0.39 is 0 Å². The molecular weight excluding hydrogens is 256 g/mol. The number of carbonyl (C=O) groups is 1. The van der Waals surface area contributed by atoms with Gasteiger partial charge in [-0.3, -0.25) is 4.79 Å². The second-order valence-corrected chi connectivity index (χ2v) is 5.64. The molecule has 2 aromatic rings. The molecule has 0 saturated heterocycles. The molecule has 0 bridgehead atoms. The Balaban J connectivity index is 1.89. The zero-order valence-electron chi connectivity index (χ0n) is 12.2. The molecule has 0 aliphatic heterocycles. The van der Waals surface area contributed by atoms with E-state index >= 15 is 0 Å². The molecule has 1 heteroatoms. The average molecular weight is 276 g/mol. The highest BCUT2D eigenvalue weighted by Gasteiger charge is 2.24. The van der Waals surface area contributed by atoms with Gasteiger partial charge in [0, 0.05) is 12.3 Å². The number of Topliss-reactive ketones (excluding diaryl/α,β-unsaturated/α-hetero) is 1. The largest absolute Gasteiger partial charge is 0.299 e. The van der Waals surface area contributed by atoms with Gasteiger partial charge >= 0.3 is 0 Å². The van der Waals surface area contributed by atoms with Gasteiger partial charge in [-0.25, -0.2) is 0 Å². The van der Waals surface area contributed by atoms with E-state index in [0.29, 0.717) is 5.78 Å². The summed E-state index contributed by atoms with van der Waals surface area (Å²) in [5.74, 6) is 0.497. The van der Waals surface area contributed by atoms with Crippen molar-refractivity contribution < 1.29 is 4.79 Å². The highest BCUT2D eigenvalue weighted by molar-refractivity contribution is 5.88. The van der Waals surface area contributed by atoms with Crippen molar-refractivity contribution in [2.24, 2.45) is 0 Å². The third-order valence-corrected chi connectivity index (χ3v) is 4.18. The van der Waals surface area contributed by atoms with Crippen molar-refractivity contribution >= 4 is 17.9 Å². The van der Waals surface area contributed by atoms with E-state index in [2.05, 4.69) is 36.4 Å². The molecule has 21 heavy (non-hydrogen) atoms. The molecule has 1 unspecified atom stereocenters. The molecule has 1 atom stereocenters. The van der Waals surface area contributed by atoms with Crippen molar-refractivity contribution in [3.05, 3.63) is 71.3 Å². The molecule has 0 aromatic heterocycles. The second kappa shape index (κ2) is 6.53. The first kappa shape index (κ1) is 13.8. The van der Waals surface area contributed by atoms with Crippen LogP contribution >= 0.6 is 0 Å². The van der Waals surface area contributed by atoms with Gasteiger partial charge < -0.3 is 0 Å². The Labute approximate surface area is 126 Å².